The summed E-state index contributed by atoms with van der Waals surface area (Å²) in [6, 6.07) is 28.8. The van der Waals surface area contributed by atoms with Crippen molar-refractivity contribution in [3.63, 3.8) is 0 Å². The van der Waals surface area contributed by atoms with Gasteiger partial charge in [0, 0.05) is 56.8 Å². The number of carbonyl (C=O) groups excluding carboxylic acids is 2. The largest absolute Gasteiger partial charge is 0.473 e. The van der Waals surface area contributed by atoms with Crippen molar-refractivity contribution < 1.29 is 19.1 Å². The number of ether oxygens (including phenoxy) is 2. The van der Waals surface area contributed by atoms with E-state index < -0.39 is 0 Å². The second-order valence-electron chi connectivity index (χ2n) is 10.6. The summed E-state index contributed by atoms with van der Waals surface area (Å²) >= 11 is 0. The first-order valence-electron chi connectivity index (χ1n) is 15.2. The fourth-order valence-electron chi connectivity index (χ4n) is 4.27. The molecule has 0 spiro atoms. The molecule has 0 aliphatic rings. The number of rotatable bonds is 9. The van der Waals surface area contributed by atoms with Gasteiger partial charge in [0.25, 0.3) is 0 Å². The number of hydrogen-bond donors (Lipinski definition) is 1. The quantitative estimate of drug-likeness (QED) is 0.148. The van der Waals surface area contributed by atoms with Crippen LogP contribution < -0.4 is 10.1 Å². The normalized spacial score (nSPS) is 10.8. The van der Waals surface area contributed by atoms with Gasteiger partial charge in [0.2, 0.25) is 5.88 Å². The predicted molar refractivity (Wildman–Crippen MR) is 192 cm³/mol. The Hall–Kier alpha value is -4.81. The van der Waals surface area contributed by atoms with Crippen molar-refractivity contribution in [1.82, 2.24) is 10.3 Å². The van der Waals surface area contributed by atoms with Crippen molar-refractivity contribution in [2.45, 2.75) is 54.6 Å². The summed E-state index contributed by atoms with van der Waals surface area (Å²) in [5, 5.41) is 3.14. The van der Waals surface area contributed by atoms with Crippen LogP contribution in [0.5, 0.6) is 5.88 Å². The summed E-state index contributed by atoms with van der Waals surface area (Å²) < 4.78 is 10.0. The third-order valence-corrected chi connectivity index (χ3v) is 7.08. The predicted octanol–water partition coefficient (Wildman–Crippen LogP) is 8.89. The van der Waals surface area contributed by atoms with Crippen LogP contribution in [0.15, 0.2) is 108 Å². The Morgan fingerprint density at radius 1 is 0.848 bits per heavy atom. The average Bonchev–Trinajstić information content (AvgIpc) is 3.09. The van der Waals surface area contributed by atoms with Gasteiger partial charge in [-0.15, -0.1) is 0 Å². The van der Waals surface area contributed by atoms with E-state index in [-0.39, 0.29) is 5.78 Å². The number of Topliss-reactive ketones (excluding diaryl/α,β-unsaturated/α-hetero) is 1. The van der Waals surface area contributed by atoms with E-state index in [1.807, 2.05) is 82.4 Å². The zero-order chi connectivity index (χ0) is 34.5. The molecule has 46 heavy (non-hydrogen) atoms. The monoisotopic (exact) mass is 622 g/mol. The minimum Gasteiger partial charge on any atom is -0.473 e. The van der Waals surface area contributed by atoms with Crippen molar-refractivity contribution in [3.05, 3.63) is 136 Å². The molecule has 244 valence electrons. The second kappa shape index (κ2) is 21.8. The number of likely N-dealkylation sites (N-methyl/N-ethyl adjacent to an activating group) is 1. The number of ketones is 1. The summed E-state index contributed by atoms with van der Waals surface area (Å²) in [7, 11) is 5.09. The van der Waals surface area contributed by atoms with E-state index in [4.69, 9.17) is 9.53 Å². The number of aromatic nitrogens is 1. The number of nitrogens with one attached hydrogen (secondary N) is 1. The SMILES string of the molecule is C=O.CCC(=O)/C(C)=C(/C=C(\C)c1ccc(-c2ccc(OCc3ccccc3)nc2)cc1)NC.COC.Cc1ccc(C)c(C)c1. The van der Waals surface area contributed by atoms with Gasteiger partial charge in [0.15, 0.2) is 5.78 Å². The van der Waals surface area contributed by atoms with Crippen molar-refractivity contribution in [1.29, 1.82) is 0 Å². The Morgan fingerprint density at radius 3 is 1.96 bits per heavy atom. The lowest BCUT2D eigenvalue weighted by atomic mass is 10.00. The summed E-state index contributed by atoms with van der Waals surface area (Å²) in [4.78, 5) is 24.5. The van der Waals surface area contributed by atoms with E-state index >= 15 is 0 Å². The van der Waals surface area contributed by atoms with Gasteiger partial charge in [-0.3, -0.25) is 4.79 Å². The summed E-state index contributed by atoms with van der Waals surface area (Å²) in [6.07, 6.45) is 4.36. The van der Waals surface area contributed by atoms with Crippen LogP contribution in [-0.4, -0.2) is 38.8 Å². The molecular formula is C40H50N2O4. The number of hydrogen-bond acceptors (Lipinski definition) is 6. The smallest absolute Gasteiger partial charge is 0.213 e. The van der Waals surface area contributed by atoms with Crippen molar-refractivity contribution >= 4 is 18.1 Å². The number of methoxy groups -OCH3 is 1. The van der Waals surface area contributed by atoms with Gasteiger partial charge in [0.05, 0.1) is 0 Å². The molecule has 6 nitrogen and oxygen atoms in total. The van der Waals surface area contributed by atoms with Crippen LogP contribution in [0, 0.1) is 20.8 Å². The molecule has 0 fully saturated rings. The Kier molecular flexibility index (Phi) is 18.6. The van der Waals surface area contributed by atoms with Gasteiger partial charge in [-0.25, -0.2) is 4.98 Å². The van der Waals surface area contributed by atoms with E-state index in [1.54, 1.807) is 14.2 Å². The fourth-order valence-corrected chi connectivity index (χ4v) is 4.27. The van der Waals surface area contributed by atoms with E-state index in [2.05, 4.69) is 85.2 Å². The average molecular weight is 623 g/mol. The third kappa shape index (κ3) is 13.4. The van der Waals surface area contributed by atoms with E-state index in [1.165, 1.54) is 16.7 Å². The molecule has 0 atom stereocenters. The molecule has 3 aromatic carbocycles. The van der Waals surface area contributed by atoms with Gasteiger partial charge < -0.3 is 19.6 Å². The molecule has 0 amide bonds. The Bertz CT molecular complexity index is 1520. The lowest BCUT2D eigenvalue weighted by Crippen LogP contribution is -2.11. The second-order valence-corrected chi connectivity index (χ2v) is 10.6. The number of allylic oxidation sites excluding steroid dienone is 3. The number of benzene rings is 3. The van der Waals surface area contributed by atoms with Gasteiger partial charge in [-0.1, -0.05) is 85.3 Å². The Morgan fingerprint density at radius 2 is 1.46 bits per heavy atom. The molecule has 6 heteroatoms. The highest BCUT2D eigenvalue weighted by atomic mass is 16.5. The number of nitrogens with zero attached hydrogens (tertiary/aromatic N) is 1. The van der Waals surface area contributed by atoms with Gasteiger partial charge in [0.1, 0.15) is 13.4 Å². The highest BCUT2D eigenvalue weighted by molar-refractivity contribution is 5.96. The topological polar surface area (TPSA) is 77.5 Å². The molecule has 0 radical (unpaired) electrons. The number of carbonyl (C=O) groups is 2. The molecule has 1 aromatic heterocycles. The molecule has 1 heterocycles. The van der Waals surface area contributed by atoms with Crippen LogP contribution >= 0.6 is 0 Å². The maximum Gasteiger partial charge on any atom is 0.213 e. The van der Waals surface area contributed by atoms with Crippen LogP contribution in [0.1, 0.15) is 55.0 Å². The minimum absolute atomic E-state index is 0.150. The molecule has 0 bridgehead atoms. The van der Waals surface area contributed by atoms with Crippen LogP contribution in [0.3, 0.4) is 0 Å². The first kappa shape index (κ1) is 39.2. The lowest BCUT2D eigenvalue weighted by Gasteiger charge is -2.10. The van der Waals surface area contributed by atoms with Crippen LogP contribution in [0.4, 0.5) is 0 Å². The number of pyridine rings is 1. The third-order valence-electron chi connectivity index (χ3n) is 7.08. The first-order chi connectivity index (χ1) is 22.1. The van der Waals surface area contributed by atoms with Gasteiger partial charge in [-0.05, 0) is 80.2 Å². The highest BCUT2D eigenvalue weighted by Crippen LogP contribution is 2.24. The van der Waals surface area contributed by atoms with Crippen molar-refractivity contribution in [2.24, 2.45) is 0 Å². The molecule has 1 N–H and O–H groups in total. The summed E-state index contributed by atoms with van der Waals surface area (Å²) in [5.41, 5.74) is 11.1. The zero-order valence-corrected chi connectivity index (χ0v) is 28.9. The fraction of sp³-hybridized carbons (Fsp3) is 0.275. The summed E-state index contributed by atoms with van der Waals surface area (Å²) in [6.45, 7) is 14.7. The molecule has 4 aromatic rings. The van der Waals surface area contributed by atoms with Crippen LogP contribution in [0.25, 0.3) is 16.7 Å². The van der Waals surface area contributed by atoms with Gasteiger partial charge in [-0.2, -0.15) is 0 Å². The molecule has 4 rings (SSSR count). The zero-order valence-electron chi connectivity index (χ0n) is 28.9. The van der Waals surface area contributed by atoms with E-state index in [0.29, 0.717) is 18.9 Å². The maximum atomic E-state index is 12.0. The molecule has 0 unspecified atom stereocenters. The minimum atomic E-state index is 0.150. The van der Waals surface area contributed by atoms with Gasteiger partial charge >= 0.3 is 0 Å². The molecule has 0 aliphatic heterocycles. The van der Waals surface area contributed by atoms with E-state index in [9.17, 15) is 4.79 Å². The summed E-state index contributed by atoms with van der Waals surface area (Å²) in [5.74, 6) is 0.758. The maximum absolute atomic E-state index is 12.0. The highest BCUT2D eigenvalue weighted by Gasteiger charge is 2.08. The Labute approximate surface area is 276 Å². The first-order valence-corrected chi connectivity index (χ1v) is 15.2. The molecule has 0 aliphatic carbocycles. The van der Waals surface area contributed by atoms with Crippen molar-refractivity contribution in [3.8, 4) is 17.0 Å². The molecule has 0 saturated heterocycles. The van der Waals surface area contributed by atoms with Crippen molar-refractivity contribution in [2.75, 3.05) is 21.3 Å². The number of aryl methyl sites for hydroxylation is 3. The molecule has 0 saturated carbocycles. The Balaban J connectivity index is 0.000000630. The van der Waals surface area contributed by atoms with Crippen LogP contribution in [-0.2, 0) is 20.9 Å². The van der Waals surface area contributed by atoms with E-state index in [0.717, 1.165) is 39.1 Å². The standard InChI is InChI=1S/C28H30N2O2.C9H12.C2H6O.CH2O/c1-5-27(31)21(3)26(29-4)17-20(2)23-11-13-24(14-12-23)25-15-16-28(30-18-25)32-19-22-9-7-6-8-10-22;1-7-4-5-8(2)9(3)6-7;1-3-2;1-2/h6-18,29H,5,19H2,1-4H3;4-6H,1-3H3;1-2H3;1H2/b20-17+,26-21-;;;. The van der Waals surface area contributed by atoms with Crippen LogP contribution in [0.2, 0.25) is 0 Å². The molecular weight excluding hydrogens is 572 g/mol. The lowest BCUT2D eigenvalue weighted by molar-refractivity contribution is -0.115.